The maximum atomic E-state index is 12.3. The number of methoxy groups -OCH3 is 2. The molecule has 1 heterocycles. The summed E-state index contributed by atoms with van der Waals surface area (Å²) in [5, 5.41) is 0. The first-order chi connectivity index (χ1) is 10.1. The predicted octanol–water partition coefficient (Wildman–Crippen LogP) is 2.06. The minimum absolute atomic E-state index is 0.0496. The number of rotatable bonds is 5. The molecule has 0 N–H and O–H groups in total. The van der Waals surface area contributed by atoms with Crippen LogP contribution in [-0.4, -0.2) is 24.6 Å². The number of carbonyl (C=O) groups excluding carboxylic acids is 1. The average Bonchev–Trinajstić information content (AvgIpc) is 2.50. The fourth-order valence-electron chi connectivity index (χ4n) is 2.10. The Kier molecular flexibility index (Phi) is 4.42. The Bertz CT molecular complexity index is 701. The number of ether oxygens (including phenoxy) is 2. The number of Topliss-reactive ketones (excluding diaryl/α,β-unsaturated/α-hetero) is 1. The lowest BCUT2D eigenvalue weighted by atomic mass is 10.1. The van der Waals surface area contributed by atoms with Crippen molar-refractivity contribution in [3.05, 3.63) is 58.0 Å². The third kappa shape index (κ3) is 3.13. The highest BCUT2D eigenvalue weighted by Gasteiger charge is 2.11. The van der Waals surface area contributed by atoms with Gasteiger partial charge in [-0.2, -0.15) is 0 Å². The first-order valence-electron chi connectivity index (χ1n) is 6.48. The van der Waals surface area contributed by atoms with Crippen LogP contribution in [0.5, 0.6) is 11.5 Å². The summed E-state index contributed by atoms with van der Waals surface area (Å²) in [6.45, 7) is 1.90. The Labute approximate surface area is 122 Å². The molecule has 0 aliphatic rings. The highest BCUT2D eigenvalue weighted by Crippen LogP contribution is 2.14. The van der Waals surface area contributed by atoms with Gasteiger partial charge in [0.15, 0.2) is 11.5 Å². The molecule has 0 unspecified atom stereocenters. The van der Waals surface area contributed by atoms with Crippen LogP contribution < -0.4 is 14.9 Å². The molecule has 0 radical (unpaired) electrons. The first-order valence-corrected chi connectivity index (χ1v) is 6.48. The van der Waals surface area contributed by atoms with Gasteiger partial charge in [0, 0.05) is 17.8 Å². The van der Waals surface area contributed by atoms with Crippen LogP contribution in [0.2, 0.25) is 0 Å². The molecule has 0 atom stereocenters. The molecule has 0 aliphatic heterocycles. The maximum absolute atomic E-state index is 12.3. The van der Waals surface area contributed by atoms with E-state index in [2.05, 4.69) is 0 Å². The second kappa shape index (κ2) is 6.26. The monoisotopic (exact) mass is 287 g/mol. The van der Waals surface area contributed by atoms with Crippen molar-refractivity contribution in [3.8, 4) is 11.5 Å². The summed E-state index contributed by atoms with van der Waals surface area (Å²) in [6, 6.07) is 8.32. The lowest BCUT2D eigenvalue weighted by Crippen LogP contribution is -2.17. The van der Waals surface area contributed by atoms with Gasteiger partial charge in [-0.15, -0.1) is 0 Å². The molecule has 0 saturated heterocycles. The molecule has 0 spiro atoms. The van der Waals surface area contributed by atoms with Crippen LogP contribution >= 0.6 is 0 Å². The molecule has 0 bridgehead atoms. The molecule has 0 fully saturated rings. The van der Waals surface area contributed by atoms with Crippen LogP contribution in [0.1, 0.15) is 16.1 Å². The quantitative estimate of drug-likeness (QED) is 0.790. The molecule has 0 amide bonds. The minimum Gasteiger partial charge on any atom is -0.497 e. The number of hydrogen-bond donors (Lipinski definition) is 0. The average molecular weight is 287 g/mol. The molecule has 110 valence electrons. The molecule has 2 rings (SSSR count). The van der Waals surface area contributed by atoms with Crippen LogP contribution in [0.3, 0.4) is 0 Å². The van der Waals surface area contributed by atoms with Crippen molar-refractivity contribution in [3.63, 3.8) is 0 Å². The highest BCUT2D eigenvalue weighted by atomic mass is 16.5. The third-order valence-corrected chi connectivity index (χ3v) is 3.32. The molecule has 0 aliphatic carbocycles. The topological polar surface area (TPSA) is 57.5 Å². The molecule has 5 nitrogen and oxygen atoms in total. The first kappa shape index (κ1) is 14.8. The zero-order valence-corrected chi connectivity index (χ0v) is 12.3. The lowest BCUT2D eigenvalue weighted by molar-refractivity contribution is 0.0971. The van der Waals surface area contributed by atoms with Gasteiger partial charge in [0.05, 0.1) is 26.5 Å². The van der Waals surface area contributed by atoms with E-state index in [9.17, 15) is 9.59 Å². The number of pyridine rings is 1. The van der Waals surface area contributed by atoms with Crippen LogP contribution in [0.4, 0.5) is 0 Å². The second-order valence-electron chi connectivity index (χ2n) is 4.58. The summed E-state index contributed by atoms with van der Waals surface area (Å²) in [6.07, 6.45) is 1.60. The smallest absolute Gasteiger partial charge is 0.223 e. The van der Waals surface area contributed by atoms with Crippen molar-refractivity contribution in [1.29, 1.82) is 0 Å². The van der Waals surface area contributed by atoms with Gasteiger partial charge in [-0.05, 0) is 31.2 Å². The number of benzene rings is 1. The molecule has 1 aromatic carbocycles. The third-order valence-electron chi connectivity index (χ3n) is 3.32. The van der Waals surface area contributed by atoms with Gasteiger partial charge in [-0.1, -0.05) is 0 Å². The van der Waals surface area contributed by atoms with Crippen LogP contribution in [0.15, 0.2) is 41.3 Å². The van der Waals surface area contributed by atoms with Gasteiger partial charge in [-0.25, -0.2) is 0 Å². The van der Waals surface area contributed by atoms with E-state index in [4.69, 9.17) is 9.47 Å². The molecule has 21 heavy (non-hydrogen) atoms. The number of aromatic nitrogens is 1. The molecule has 2 aromatic rings. The zero-order valence-electron chi connectivity index (χ0n) is 12.3. The SMILES string of the molecule is COc1ccc(C(=O)Cn2ccc(=O)c(OC)c2C)cc1. The van der Waals surface area contributed by atoms with Crippen molar-refractivity contribution in [2.24, 2.45) is 0 Å². The number of carbonyl (C=O) groups is 1. The molecular formula is C16H17NO4. The summed E-state index contributed by atoms with van der Waals surface area (Å²) >= 11 is 0. The molecule has 5 heteroatoms. The van der Waals surface area contributed by atoms with Crippen LogP contribution in [-0.2, 0) is 6.54 Å². The van der Waals surface area contributed by atoms with E-state index in [0.29, 0.717) is 17.0 Å². The van der Waals surface area contributed by atoms with Gasteiger partial charge >= 0.3 is 0 Å². The van der Waals surface area contributed by atoms with Gasteiger partial charge < -0.3 is 14.0 Å². The largest absolute Gasteiger partial charge is 0.497 e. The predicted molar refractivity (Wildman–Crippen MR) is 79.3 cm³/mol. The van der Waals surface area contributed by atoms with Crippen LogP contribution in [0, 0.1) is 6.92 Å². The molecule has 1 aromatic heterocycles. The van der Waals surface area contributed by atoms with E-state index in [-0.39, 0.29) is 23.5 Å². The normalized spacial score (nSPS) is 10.2. The Morgan fingerprint density at radius 3 is 2.33 bits per heavy atom. The van der Waals surface area contributed by atoms with Crippen molar-refractivity contribution >= 4 is 5.78 Å². The van der Waals surface area contributed by atoms with Crippen molar-refractivity contribution < 1.29 is 14.3 Å². The van der Waals surface area contributed by atoms with Gasteiger partial charge in [-0.3, -0.25) is 9.59 Å². The van der Waals surface area contributed by atoms with E-state index in [0.717, 1.165) is 0 Å². The standard InChI is InChI=1S/C16H17NO4/c1-11-16(21-3)14(18)8-9-17(11)10-15(19)12-4-6-13(20-2)7-5-12/h4-9H,10H2,1-3H3. The fourth-order valence-corrected chi connectivity index (χ4v) is 2.10. The van der Waals surface area contributed by atoms with Gasteiger partial charge in [0.25, 0.3) is 0 Å². The summed E-state index contributed by atoms with van der Waals surface area (Å²) < 4.78 is 11.8. The Morgan fingerprint density at radius 1 is 1.10 bits per heavy atom. The van der Waals surface area contributed by atoms with Crippen molar-refractivity contribution in [1.82, 2.24) is 4.57 Å². The zero-order chi connectivity index (χ0) is 15.4. The Balaban J connectivity index is 2.25. The van der Waals surface area contributed by atoms with Crippen LogP contribution in [0.25, 0.3) is 0 Å². The van der Waals surface area contributed by atoms with Gasteiger partial charge in [0.2, 0.25) is 5.43 Å². The lowest BCUT2D eigenvalue weighted by Gasteiger charge is -2.12. The number of ketones is 1. The van der Waals surface area contributed by atoms with E-state index >= 15 is 0 Å². The summed E-state index contributed by atoms with van der Waals surface area (Å²) in [5.41, 5.74) is 1.03. The molecule has 0 saturated carbocycles. The van der Waals surface area contributed by atoms with E-state index in [1.807, 2.05) is 0 Å². The maximum Gasteiger partial charge on any atom is 0.223 e. The minimum atomic E-state index is -0.192. The highest BCUT2D eigenvalue weighted by molar-refractivity contribution is 5.96. The fraction of sp³-hybridized carbons (Fsp3) is 0.250. The van der Waals surface area contributed by atoms with Gasteiger partial charge in [0.1, 0.15) is 5.75 Å². The Hall–Kier alpha value is -2.56. The van der Waals surface area contributed by atoms with E-state index in [1.54, 1.807) is 49.1 Å². The van der Waals surface area contributed by atoms with Crippen molar-refractivity contribution in [2.45, 2.75) is 13.5 Å². The summed E-state index contributed by atoms with van der Waals surface area (Å²) in [7, 11) is 3.02. The van der Waals surface area contributed by atoms with E-state index < -0.39 is 0 Å². The van der Waals surface area contributed by atoms with Crippen molar-refractivity contribution in [2.75, 3.05) is 14.2 Å². The van der Waals surface area contributed by atoms with E-state index in [1.165, 1.54) is 13.2 Å². The second-order valence-corrected chi connectivity index (χ2v) is 4.58. The Morgan fingerprint density at radius 2 is 1.76 bits per heavy atom. The summed E-state index contributed by atoms with van der Waals surface area (Å²) in [4.78, 5) is 23.9. The number of hydrogen-bond acceptors (Lipinski definition) is 4. The summed E-state index contributed by atoms with van der Waals surface area (Å²) in [5.74, 6) is 0.916. The number of nitrogens with zero attached hydrogens (tertiary/aromatic N) is 1. The molecular weight excluding hydrogens is 270 g/mol.